The smallest absolute Gasteiger partial charge is 0.134 e. The number of hydrogen-bond acceptors (Lipinski definition) is 2. The minimum absolute atomic E-state index is 0.462. The quantitative estimate of drug-likeness (QED) is 0.690. The Morgan fingerprint density at radius 3 is 2.71 bits per heavy atom. The zero-order chi connectivity index (χ0) is 10.6. The van der Waals surface area contributed by atoms with Gasteiger partial charge in [0, 0.05) is 25.4 Å². The van der Waals surface area contributed by atoms with Crippen molar-refractivity contribution in [2.45, 2.75) is 52.5 Å². The first-order valence-electron chi connectivity index (χ1n) is 5.89. The molecule has 0 amide bonds. The van der Waals surface area contributed by atoms with Gasteiger partial charge in [-0.25, -0.2) is 0 Å². The van der Waals surface area contributed by atoms with Gasteiger partial charge in [-0.3, -0.25) is 9.69 Å². The molecule has 82 valence electrons. The van der Waals surface area contributed by atoms with E-state index in [9.17, 15) is 4.79 Å². The normalized spacial score (nSPS) is 23.5. The van der Waals surface area contributed by atoms with Crippen molar-refractivity contribution in [1.29, 1.82) is 0 Å². The van der Waals surface area contributed by atoms with Crippen LogP contribution in [0.2, 0.25) is 0 Å². The van der Waals surface area contributed by atoms with E-state index in [-0.39, 0.29) is 0 Å². The summed E-state index contributed by atoms with van der Waals surface area (Å²) in [5, 5.41) is 0. The standard InChI is InChI=1S/C12H23NO/c1-4-13(9-10(2)3)11-6-5-7-12(14)8-11/h10-11H,4-9H2,1-3H3. The highest BCUT2D eigenvalue weighted by atomic mass is 16.1. The van der Waals surface area contributed by atoms with Crippen LogP contribution < -0.4 is 0 Å². The molecule has 0 saturated heterocycles. The third-order valence-corrected chi connectivity index (χ3v) is 2.98. The summed E-state index contributed by atoms with van der Waals surface area (Å²) in [6, 6.07) is 0.531. The molecular formula is C12H23NO. The number of hydrogen-bond donors (Lipinski definition) is 0. The van der Waals surface area contributed by atoms with Crippen molar-refractivity contribution in [3.8, 4) is 0 Å². The summed E-state index contributed by atoms with van der Waals surface area (Å²) < 4.78 is 0. The molecule has 1 atom stereocenters. The molecule has 1 fully saturated rings. The summed E-state index contributed by atoms with van der Waals surface area (Å²) in [4.78, 5) is 13.8. The van der Waals surface area contributed by atoms with Crippen LogP contribution in [0.25, 0.3) is 0 Å². The van der Waals surface area contributed by atoms with Crippen LogP contribution in [0, 0.1) is 5.92 Å². The van der Waals surface area contributed by atoms with Crippen LogP contribution in [-0.4, -0.2) is 29.8 Å². The molecule has 0 aliphatic heterocycles. The fourth-order valence-corrected chi connectivity index (χ4v) is 2.32. The molecule has 1 aliphatic carbocycles. The molecule has 0 aromatic carbocycles. The van der Waals surface area contributed by atoms with Gasteiger partial charge in [-0.1, -0.05) is 20.8 Å². The van der Waals surface area contributed by atoms with Gasteiger partial charge in [0.05, 0.1) is 0 Å². The molecule has 0 aromatic heterocycles. The van der Waals surface area contributed by atoms with Crippen molar-refractivity contribution in [2.75, 3.05) is 13.1 Å². The van der Waals surface area contributed by atoms with Gasteiger partial charge in [0.15, 0.2) is 0 Å². The monoisotopic (exact) mass is 197 g/mol. The summed E-state index contributed by atoms with van der Waals surface area (Å²) in [5.74, 6) is 1.16. The van der Waals surface area contributed by atoms with E-state index in [1.165, 1.54) is 6.42 Å². The average molecular weight is 197 g/mol. The Bertz CT molecular complexity index is 189. The van der Waals surface area contributed by atoms with Crippen LogP contribution >= 0.6 is 0 Å². The maximum Gasteiger partial charge on any atom is 0.134 e. The molecule has 0 bridgehead atoms. The fraction of sp³-hybridized carbons (Fsp3) is 0.917. The number of Topliss-reactive ketones (excluding diaryl/α,β-unsaturated/α-hetero) is 1. The second-order valence-electron chi connectivity index (χ2n) is 4.77. The Balaban J connectivity index is 2.46. The highest BCUT2D eigenvalue weighted by Gasteiger charge is 2.24. The molecule has 1 aliphatic rings. The van der Waals surface area contributed by atoms with E-state index < -0.39 is 0 Å². The van der Waals surface area contributed by atoms with Crippen LogP contribution in [0.3, 0.4) is 0 Å². The van der Waals surface area contributed by atoms with E-state index in [0.29, 0.717) is 17.7 Å². The van der Waals surface area contributed by atoms with E-state index in [1.54, 1.807) is 0 Å². The molecule has 0 heterocycles. The lowest BCUT2D eigenvalue weighted by atomic mass is 9.92. The number of carbonyl (C=O) groups excluding carboxylic acids is 1. The lowest BCUT2D eigenvalue weighted by Crippen LogP contribution is -2.40. The first-order valence-corrected chi connectivity index (χ1v) is 5.89. The van der Waals surface area contributed by atoms with Crippen LogP contribution in [0.15, 0.2) is 0 Å². The molecule has 1 rings (SSSR count). The molecule has 14 heavy (non-hydrogen) atoms. The number of carbonyl (C=O) groups is 1. The van der Waals surface area contributed by atoms with Crippen molar-refractivity contribution in [3.63, 3.8) is 0 Å². The Morgan fingerprint density at radius 2 is 2.21 bits per heavy atom. The van der Waals surface area contributed by atoms with E-state index in [1.807, 2.05) is 0 Å². The first kappa shape index (κ1) is 11.7. The summed E-state index contributed by atoms with van der Waals surface area (Å²) in [7, 11) is 0. The summed E-state index contributed by atoms with van der Waals surface area (Å²) in [5.41, 5.74) is 0. The van der Waals surface area contributed by atoms with E-state index in [4.69, 9.17) is 0 Å². The molecule has 0 N–H and O–H groups in total. The zero-order valence-electron chi connectivity index (χ0n) is 9.75. The van der Waals surface area contributed by atoms with Gasteiger partial charge in [-0.05, 0) is 25.3 Å². The lowest BCUT2D eigenvalue weighted by Gasteiger charge is -2.34. The van der Waals surface area contributed by atoms with Crippen molar-refractivity contribution in [3.05, 3.63) is 0 Å². The molecule has 0 radical (unpaired) electrons. The maximum atomic E-state index is 11.4. The van der Waals surface area contributed by atoms with Gasteiger partial charge in [0.1, 0.15) is 5.78 Å². The molecule has 1 saturated carbocycles. The number of nitrogens with zero attached hydrogens (tertiary/aromatic N) is 1. The molecule has 2 nitrogen and oxygen atoms in total. The van der Waals surface area contributed by atoms with Crippen LogP contribution in [0.5, 0.6) is 0 Å². The van der Waals surface area contributed by atoms with Crippen molar-refractivity contribution in [1.82, 2.24) is 4.90 Å². The molecule has 0 spiro atoms. The lowest BCUT2D eigenvalue weighted by molar-refractivity contribution is -0.122. The third kappa shape index (κ3) is 3.41. The number of rotatable bonds is 4. The van der Waals surface area contributed by atoms with Gasteiger partial charge < -0.3 is 0 Å². The van der Waals surface area contributed by atoms with Gasteiger partial charge in [-0.15, -0.1) is 0 Å². The van der Waals surface area contributed by atoms with E-state index >= 15 is 0 Å². The van der Waals surface area contributed by atoms with Crippen LogP contribution in [0.4, 0.5) is 0 Å². The summed E-state index contributed by atoms with van der Waals surface area (Å²) in [6.07, 6.45) is 3.92. The Labute approximate surface area is 87.7 Å². The summed E-state index contributed by atoms with van der Waals surface area (Å²) >= 11 is 0. The Kier molecular flexibility index (Phi) is 4.59. The highest BCUT2D eigenvalue weighted by Crippen LogP contribution is 2.20. The number of ketones is 1. The minimum Gasteiger partial charge on any atom is -0.300 e. The van der Waals surface area contributed by atoms with Gasteiger partial charge in [0.2, 0.25) is 0 Å². The SMILES string of the molecule is CCN(CC(C)C)C1CCCC(=O)C1. The molecule has 1 unspecified atom stereocenters. The topological polar surface area (TPSA) is 20.3 Å². The van der Waals surface area contributed by atoms with Crippen LogP contribution in [0.1, 0.15) is 46.5 Å². The fourth-order valence-electron chi connectivity index (χ4n) is 2.32. The van der Waals surface area contributed by atoms with E-state index in [2.05, 4.69) is 25.7 Å². The Hall–Kier alpha value is -0.370. The second kappa shape index (κ2) is 5.50. The van der Waals surface area contributed by atoms with Gasteiger partial charge in [-0.2, -0.15) is 0 Å². The summed E-state index contributed by atoms with van der Waals surface area (Å²) in [6.45, 7) is 8.90. The molecular weight excluding hydrogens is 174 g/mol. The minimum atomic E-state index is 0.462. The third-order valence-electron chi connectivity index (χ3n) is 2.98. The maximum absolute atomic E-state index is 11.4. The Morgan fingerprint density at radius 1 is 1.50 bits per heavy atom. The molecule has 2 heteroatoms. The van der Waals surface area contributed by atoms with Gasteiger partial charge >= 0.3 is 0 Å². The highest BCUT2D eigenvalue weighted by molar-refractivity contribution is 5.79. The van der Waals surface area contributed by atoms with Crippen LogP contribution in [-0.2, 0) is 4.79 Å². The second-order valence-corrected chi connectivity index (χ2v) is 4.77. The first-order chi connectivity index (χ1) is 6.63. The predicted octanol–water partition coefficient (Wildman–Crippen LogP) is 2.48. The van der Waals surface area contributed by atoms with Crippen molar-refractivity contribution in [2.24, 2.45) is 5.92 Å². The van der Waals surface area contributed by atoms with Crippen molar-refractivity contribution < 1.29 is 4.79 Å². The molecule has 0 aromatic rings. The predicted molar refractivity (Wildman–Crippen MR) is 59.3 cm³/mol. The van der Waals surface area contributed by atoms with Gasteiger partial charge in [0.25, 0.3) is 0 Å². The van der Waals surface area contributed by atoms with E-state index in [0.717, 1.165) is 32.4 Å². The average Bonchev–Trinajstić information content (AvgIpc) is 2.14. The largest absolute Gasteiger partial charge is 0.300 e. The zero-order valence-corrected chi connectivity index (χ0v) is 9.75. The van der Waals surface area contributed by atoms with Crippen molar-refractivity contribution >= 4 is 5.78 Å².